The van der Waals surface area contributed by atoms with Crippen LogP contribution in [-0.2, 0) is 5.41 Å². The zero-order valence-corrected chi connectivity index (χ0v) is 8.67. The lowest BCUT2D eigenvalue weighted by atomic mass is 9.79. The van der Waals surface area contributed by atoms with E-state index in [1.807, 2.05) is 0 Å². The van der Waals surface area contributed by atoms with Gasteiger partial charge in [-0.15, -0.1) is 0 Å². The second-order valence-electron chi connectivity index (χ2n) is 4.36. The predicted octanol–water partition coefficient (Wildman–Crippen LogP) is 2.30. The van der Waals surface area contributed by atoms with Crippen LogP contribution in [0.25, 0.3) is 0 Å². The zero-order chi connectivity index (χ0) is 10.9. The summed E-state index contributed by atoms with van der Waals surface area (Å²) in [5.41, 5.74) is 6.67. The third-order valence-electron chi connectivity index (χ3n) is 3.51. The first-order chi connectivity index (χ1) is 7.18. The van der Waals surface area contributed by atoms with E-state index in [1.54, 1.807) is 6.07 Å². The van der Waals surface area contributed by atoms with Crippen molar-refractivity contribution in [1.82, 2.24) is 0 Å². The van der Waals surface area contributed by atoms with Gasteiger partial charge in [-0.1, -0.05) is 18.9 Å². The molecule has 1 fully saturated rings. The van der Waals surface area contributed by atoms with Gasteiger partial charge in [-0.05, 0) is 30.5 Å². The number of phenols is 1. The van der Waals surface area contributed by atoms with Crippen molar-refractivity contribution in [2.45, 2.75) is 31.1 Å². The molecular weight excluding hydrogens is 193 g/mol. The van der Waals surface area contributed by atoms with E-state index < -0.39 is 5.82 Å². The lowest BCUT2D eigenvalue weighted by Crippen LogP contribution is -2.32. The molecule has 0 bridgehead atoms. The van der Waals surface area contributed by atoms with Crippen molar-refractivity contribution in [3.63, 3.8) is 0 Å². The fourth-order valence-corrected chi connectivity index (χ4v) is 2.50. The van der Waals surface area contributed by atoms with Crippen molar-refractivity contribution in [1.29, 1.82) is 0 Å². The molecule has 15 heavy (non-hydrogen) atoms. The summed E-state index contributed by atoms with van der Waals surface area (Å²) in [5, 5.41) is 9.14. The third kappa shape index (κ3) is 1.72. The SMILES string of the molecule is NCC1(c2ccc(O)c(F)c2)CCCC1. The first-order valence-corrected chi connectivity index (χ1v) is 5.37. The molecule has 1 saturated carbocycles. The number of halogens is 1. The van der Waals surface area contributed by atoms with Crippen LogP contribution in [0.5, 0.6) is 5.75 Å². The van der Waals surface area contributed by atoms with Crippen molar-refractivity contribution in [2.75, 3.05) is 6.54 Å². The molecule has 0 aromatic heterocycles. The average molecular weight is 209 g/mol. The molecule has 0 atom stereocenters. The van der Waals surface area contributed by atoms with E-state index in [4.69, 9.17) is 10.8 Å². The summed E-state index contributed by atoms with van der Waals surface area (Å²) >= 11 is 0. The minimum atomic E-state index is -0.549. The maximum atomic E-state index is 13.2. The molecule has 1 aliphatic carbocycles. The van der Waals surface area contributed by atoms with Gasteiger partial charge in [0, 0.05) is 12.0 Å². The number of rotatable bonds is 2. The summed E-state index contributed by atoms with van der Waals surface area (Å²) < 4.78 is 13.2. The molecule has 2 nitrogen and oxygen atoms in total. The summed E-state index contributed by atoms with van der Waals surface area (Å²) in [6.45, 7) is 0.553. The number of hydrogen-bond donors (Lipinski definition) is 2. The minimum Gasteiger partial charge on any atom is -0.505 e. The first-order valence-electron chi connectivity index (χ1n) is 5.37. The standard InChI is InChI=1S/C12H16FNO/c13-10-7-9(3-4-11(10)15)12(8-14)5-1-2-6-12/h3-4,7,15H,1-2,5-6,8,14H2. The molecule has 2 rings (SSSR count). The monoisotopic (exact) mass is 209 g/mol. The van der Waals surface area contributed by atoms with Crippen LogP contribution in [-0.4, -0.2) is 11.7 Å². The van der Waals surface area contributed by atoms with Crippen molar-refractivity contribution in [3.8, 4) is 5.75 Å². The van der Waals surface area contributed by atoms with E-state index in [0.29, 0.717) is 6.54 Å². The number of hydrogen-bond acceptors (Lipinski definition) is 2. The maximum absolute atomic E-state index is 13.2. The van der Waals surface area contributed by atoms with Gasteiger partial charge < -0.3 is 10.8 Å². The summed E-state index contributed by atoms with van der Waals surface area (Å²) in [7, 11) is 0. The predicted molar refractivity (Wildman–Crippen MR) is 57.3 cm³/mol. The molecular formula is C12H16FNO. The highest BCUT2D eigenvalue weighted by molar-refractivity contribution is 5.34. The van der Waals surface area contributed by atoms with Crippen molar-refractivity contribution >= 4 is 0 Å². The van der Waals surface area contributed by atoms with Gasteiger partial charge in [0.1, 0.15) is 0 Å². The highest BCUT2D eigenvalue weighted by Gasteiger charge is 2.34. The molecule has 0 spiro atoms. The average Bonchev–Trinajstić information content (AvgIpc) is 2.72. The fourth-order valence-electron chi connectivity index (χ4n) is 2.50. The molecule has 0 heterocycles. The van der Waals surface area contributed by atoms with E-state index in [9.17, 15) is 4.39 Å². The van der Waals surface area contributed by atoms with Gasteiger partial charge in [0.15, 0.2) is 11.6 Å². The molecule has 0 aliphatic heterocycles. The molecule has 0 unspecified atom stereocenters. The Hall–Kier alpha value is -1.09. The Labute approximate surface area is 88.9 Å². The van der Waals surface area contributed by atoms with Gasteiger partial charge in [-0.3, -0.25) is 0 Å². The van der Waals surface area contributed by atoms with E-state index in [-0.39, 0.29) is 11.2 Å². The van der Waals surface area contributed by atoms with Gasteiger partial charge in [0.2, 0.25) is 0 Å². The Morgan fingerprint density at radius 2 is 2.00 bits per heavy atom. The molecule has 0 radical (unpaired) electrons. The molecule has 1 aromatic rings. The summed E-state index contributed by atoms with van der Waals surface area (Å²) in [5.74, 6) is -0.837. The lowest BCUT2D eigenvalue weighted by Gasteiger charge is -2.27. The molecule has 1 aromatic carbocycles. The smallest absolute Gasteiger partial charge is 0.165 e. The van der Waals surface area contributed by atoms with Gasteiger partial charge in [0.05, 0.1) is 0 Å². The molecule has 0 amide bonds. The van der Waals surface area contributed by atoms with Crippen molar-refractivity contribution < 1.29 is 9.50 Å². The summed E-state index contributed by atoms with van der Waals surface area (Å²) in [6.07, 6.45) is 4.35. The van der Waals surface area contributed by atoms with Gasteiger partial charge in [-0.25, -0.2) is 4.39 Å². The number of aromatic hydroxyl groups is 1. The maximum Gasteiger partial charge on any atom is 0.165 e. The van der Waals surface area contributed by atoms with Crippen LogP contribution < -0.4 is 5.73 Å². The van der Waals surface area contributed by atoms with Crippen LogP contribution in [0.15, 0.2) is 18.2 Å². The Balaban J connectivity index is 2.38. The van der Waals surface area contributed by atoms with Crippen LogP contribution in [0, 0.1) is 5.82 Å². The van der Waals surface area contributed by atoms with Crippen LogP contribution in [0.1, 0.15) is 31.2 Å². The van der Waals surface area contributed by atoms with Crippen LogP contribution in [0.2, 0.25) is 0 Å². The van der Waals surface area contributed by atoms with E-state index >= 15 is 0 Å². The number of phenolic OH excluding ortho intramolecular Hbond substituents is 1. The normalized spacial score (nSPS) is 19.3. The summed E-state index contributed by atoms with van der Waals surface area (Å²) in [6, 6.07) is 4.63. The molecule has 3 heteroatoms. The highest BCUT2D eigenvalue weighted by atomic mass is 19.1. The Bertz CT molecular complexity index is 359. The molecule has 0 saturated heterocycles. The first kappa shape index (κ1) is 10.4. The fraction of sp³-hybridized carbons (Fsp3) is 0.500. The second kappa shape index (κ2) is 3.81. The Kier molecular flexibility index (Phi) is 2.65. The topological polar surface area (TPSA) is 46.2 Å². The minimum absolute atomic E-state index is 0.0610. The van der Waals surface area contributed by atoms with E-state index in [0.717, 1.165) is 31.2 Å². The van der Waals surface area contributed by atoms with E-state index in [2.05, 4.69) is 0 Å². The second-order valence-corrected chi connectivity index (χ2v) is 4.36. The van der Waals surface area contributed by atoms with Crippen LogP contribution in [0.3, 0.4) is 0 Å². The highest BCUT2D eigenvalue weighted by Crippen LogP contribution is 2.40. The van der Waals surface area contributed by atoms with Crippen LogP contribution in [0.4, 0.5) is 4.39 Å². The largest absolute Gasteiger partial charge is 0.505 e. The van der Waals surface area contributed by atoms with E-state index in [1.165, 1.54) is 12.1 Å². The Morgan fingerprint density at radius 3 is 2.53 bits per heavy atom. The van der Waals surface area contributed by atoms with Crippen molar-refractivity contribution in [2.24, 2.45) is 5.73 Å². The van der Waals surface area contributed by atoms with Crippen molar-refractivity contribution in [3.05, 3.63) is 29.6 Å². The van der Waals surface area contributed by atoms with Gasteiger partial charge in [-0.2, -0.15) is 0 Å². The number of nitrogens with two attached hydrogens (primary N) is 1. The molecule has 82 valence electrons. The van der Waals surface area contributed by atoms with Crippen LogP contribution >= 0.6 is 0 Å². The number of benzene rings is 1. The van der Waals surface area contributed by atoms with Gasteiger partial charge in [0.25, 0.3) is 0 Å². The lowest BCUT2D eigenvalue weighted by molar-refractivity contribution is 0.421. The molecule has 1 aliphatic rings. The summed E-state index contributed by atoms with van der Waals surface area (Å²) in [4.78, 5) is 0. The zero-order valence-electron chi connectivity index (χ0n) is 8.67. The Morgan fingerprint density at radius 1 is 1.33 bits per heavy atom. The van der Waals surface area contributed by atoms with Gasteiger partial charge >= 0.3 is 0 Å². The molecule has 3 N–H and O–H groups in total. The third-order valence-corrected chi connectivity index (χ3v) is 3.51. The quantitative estimate of drug-likeness (QED) is 0.785.